The zero-order valence-electron chi connectivity index (χ0n) is 17.8. The molecule has 2 aromatic carbocycles. The van der Waals surface area contributed by atoms with Crippen molar-refractivity contribution in [1.82, 2.24) is 15.1 Å². The third-order valence-corrected chi connectivity index (χ3v) is 5.29. The lowest BCUT2D eigenvalue weighted by Crippen LogP contribution is -2.55. The fraction of sp³-hybridized carbons (Fsp3) is 0.348. The molecule has 3 amide bonds. The van der Waals surface area contributed by atoms with Crippen molar-refractivity contribution >= 4 is 17.7 Å². The molecule has 9 heteroatoms. The first-order chi connectivity index (χ1) is 15.1. The van der Waals surface area contributed by atoms with E-state index in [-0.39, 0.29) is 25.0 Å². The van der Waals surface area contributed by atoms with E-state index in [2.05, 4.69) is 5.32 Å². The molecular weight excluding hydrogens is 423 g/mol. The Labute approximate surface area is 184 Å². The van der Waals surface area contributed by atoms with Crippen LogP contribution in [0.5, 0.6) is 0 Å². The maximum atomic E-state index is 12.6. The SMILES string of the molecule is CC(C)N1CCN(Cc2ccc(C(=O)NCc3ccc(C(F)(F)F)cc3)cc2)C(=O)C1=O. The van der Waals surface area contributed by atoms with Crippen molar-refractivity contribution in [2.45, 2.75) is 39.2 Å². The molecule has 1 heterocycles. The molecule has 6 nitrogen and oxygen atoms in total. The van der Waals surface area contributed by atoms with Crippen LogP contribution in [-0.2, 0) is 28.9 Å². The number of amides is 3. The molecule has 32 heavy (non-hydrogen) atoms. The van der Waals surface area contributed by atoms with Gasteiger partial charge in [0.1, 0.15) is 0 Å². The number of halogens is 3. The van der Waals surface area contributed by atoms with Crippen LogP contribution >= 0.6 is 0 Å². The van der Waals surface area contributed by atoms with Crippen molar-refractivity contribution in [3.05, 3.63) is 70.8 Å². The van der Waals surface area contributed by atoms with Gasteiger partial charge in [-0.3, -0.25) is 14.4 Å². The topological polar surface area (TPSA) is 69.7 Å². The van der Waals surface area contributed by atoms with Crippen LogP contribution in [0.15, 0.2) is 48.5 Å². The number of hydrogen-bond donors (Lipinski definition) is 1. The summed E-state index contributed by atoms with van der Waals surface area (Å²) in [6.45, 7) is 5.01. The molecule has 0 saturated carbocycles. The van der Waals surface area contributed by atoms with Gasteiger partial charge in [-0.25, -0.2) is 0 Å². The molecule has 0 bridgehead atoms. The van der Waals surface area contributed by atoms with Gasteiger partial charge < -0.3 is 15.1 Å². The van der Waals surface area contributed by atoms with Crippen molar-refractivity contribution < 1.29 is 27.6 Å². The number of benzene rings is 2. The van der Waals surface area contributed by atoms with E-state index < -0.39 is 23.6 Å². The van der Waals surface area contributed by atoms with E-state index in [1.807, 2.05) is 13.8 Å². The molecule has 1 aliphatic rings. The lowest BCUT2D eigenvalue weighted by Gasteiger charge is -2.36. The summed E-state index contributed by atoms with van der Waals surface area (Å²) in [6, 6.07) is 11.2. The van der Waals surface area contributed by atoms with Gasteiger partial charge in [0.15, 0.2) is 0 Å². The van der Waals surface area contributed by atoms with Crippen LogP contribution in [0, 0.1) is 0 Å². The maximum absolute atomic E-state index is 12.6. The van der Waals surface area contributed by atoms with Crippen LogP contribution in [0.1, 0.15) is 40.9 Å². The lowest BCUT2D eigenvalue weighted by atomic mass is 10.1. The van der Waals surface area contributed by atoms with Crippen molar-refractivity contribution in [2.24, 2.45) is 0 Å². The molecule has 1 N–H and O–H groups in total. The number of alkyl halides is 3. The Morgan fingerprint density at radius 2 is 1.53 bits per heavy atom. The van der Waals surface area contributed by atoms with Crippen LogP contribution in [-0.4, -0.2) is 46.7 Å². The summed E-state index contributed by atoms with van der Waals surface area (Å²) in [5, 5.41) is 2.67. The molecule has 1 fully saturated rings. The zero-order valence-corrected chi connectivity index (χ0v) is 17.8. The number of nitrogens with zero attached hydrogens (tertiary/aromatic N) is 2. The van der Waals surface area contributed by atoms with Crippen molar-refractivity contribution in [3.8, 4) is 0 Å². The minimum absolute atomic E-state index is 0.0334. The molecule has 0 radical (unpaired) electrons. The van der Waals surface area contributed by atoms with E-state index >= 15 is 0 Å². The van der Waals surface area contributed by atoms with E-state index in [1.54, 1.807) is 29.2 Å². The summed E-state index contributed by atoms with van der Waals surface area (Å²) in [5.41, 5.74) is 0.969. The molecule has 2 aromatic rings. The van der Waals surface area contributed by atoms with Gasteiger partial charge in [-0.15, -0.1) is 0 Å². The van der Waals surface area contributed by atoms with Gasteiger partial charge in [0.05, 0.1) is 5.56 Å². The van der Waals surface area contributed by atoms with Crippen molar-refractivity contribution in [1.29, 1.82) is 0 Å². The molecular formula is C23H24F3N3O3. The van der Waals surface area contributed by atoms with Crippen LogP contribution in [0.25, 0.3) is 0 Å². The maximum Gasteiger partial charge on any atom is 0.416 e. The Kier molecular flexibility index (Phi) is 6.86. The molecule has 1 aliphatic heterocycles. The van der Waals surface area contributed by atoms with Gasteiger partial charge in [-0.1, -0.05) is 24.3 Å². The Morgan fingerprint density at radius 1 is 0.938 bits per heavy atom. The fourth-order valence-electron chi connectivity index (χ4n) is 3.41. The quantitative estimate of drug-likeness (QED) is 0.692. The number of nitrogens with one attached hydrogen (secondary N) is 1. The largest absolute Gasteiger partial charge is 0.416 e. The molecule has 0 aromatic heterocycles. The first-order valence-electron chi connectivity index (χ1n) is 10.2. The Hall–Kier alpha value is -3.36. The van der Waals surface area contributed by atoms with Gasteiger partial charge in [0, 0.05) is 37.8 Å². The predicted octanol–water partition coefficient (Wildman–Crippen LogP) is 3.21. The average Bonchev–Trinajstić information content (AvgIpc) is 2.75. The minimum atomic E-state index is -4.40. The summed E-state index contributed by atoms with van der Waals surface area (Å²) >= 11 is 0. The summed E-state index contributed by atoms with van der Waals surface area (Å²) in [6.07, 6.45) is -4.40. The van der Waals surface area contributed by atoms with E-state index in [0.717, 1.165) is 17.7 Å². The monoisotopic (exact) mass is 447 g/mol. The highest BCUT2D eigenvalue weighted by Gasteiger charge is 2.33. The van der Waals surface area contributed by atoms with Gasteiger partial charge in [0.25, 0.3) is 5.91 Å². The molecule has 170 valence electrons. The summed E-state index contributed by atoms with van der Waals surface area (Å²) in [7, 11) is 0. The number of piperazine rings is 1. The molecule has 0 atom stereocenters. The van der Waals surface area contributed by atoms with Crippen LogP contribution < -0.4 is 5.32 Å². The minimum Gasteiger partial charge on any atom is -0.348 e. The van der Waals surface area contributed by atoms with Crippen molar-refractivity contribution in [2.75, 3.05) is 13.1 Å². The third kappa shape index (κ3) is 5.46. The van der Waals surface area contributed by atoms with Crippen LogP contribution in [0.4, 0.5) is 13.2 Å². The van der Waals surface area contributed by atoms with E-state index in [1.165, 1.54) is 17.0 Å². The predicted molar refractivity (Wildman–Crippen MR) is 111 cm³/mol. The Morgan fingerprint density at radius 3 is 2.09 bits per heavy atom. The highest BCUT2D eigenvalue weighted by Crippen LogP contribution is 2.29. The fourth-order valence-corrected chi connectivity index (χ4v) is 3.41. The summed E-state index contributed by atoms with van der Waals surface area (Å²) < 4.78 is 37.8. The van der Waals surface area contributed by atoms with Crippen LogP contribution in [0.3, 0.4) is 0 Å². The number of rotatable bonds is 6. The molecule has 3 rings (SSSR count). The van der Waals surface area contributed by atoms with E-state index in [9.17, 15) is 27.6 Å². The van der Waals surface area contributed by atoms with Gasteiger partial charge >= 0.3 is 18.0 Å². The third-order valence-electron chi connectivity index (χ3n) is 5.29. The smallest absolute Gasteiger partial charge is 0.348 e. The zero-order chi connectivity index (χ0) is 23.5. The Balaban J connectivity index is 1.54. The normalized spacial score (nSPS) is 14.8. The highest BCUT2D eigenvalue weighted by molar-refractivity contribution is 6.35. The van der Waals surface area contributed by atoms with Crippen LogP contribution in [0.2, 0.25) is 0 Å². The molecule has 0 unspecified atom stereocenters. The average molecular weight is 447 g/mol. The second-order valence-electron chi connectivity index (χ2n) is 7.89. The van der Waals surface area contributed by atoms with E-state index in [4.69, 9.17) is 0 Å². The van der Waals surface area contributed by atoms with Crippen molar-refractivity contribution in [3.63, 3.8) is 0 Å². The summed E-state index contributed by atoms with van der Waals surface area (Å²) in [4.78, 5) is 39.9. The van der Waals surface area contributed by atoms with E-state index in [0.29, 0.717) is 24.2 Å². The molecule has 0 spiro atoms. The van der Waals surface area contributed by atoms with Gasteiger partial charge in [0.2, 0.25) is 0 Å². The number of hydrogen-bond acceptors (Lipinski definition) is 3. The molecule has 0 aliphatic carbocycles. The van der Waals surface area contributed by atoms with Gasteiger partial charge in [-0.05, 0) is 49.2 Å². The number of carbonyl (C=O) groups excluding carboxylic acids is 3. The highest BCUT2D eigenvalue weighted by atomic mass is 19.4. The number of carbonyl (C=O) groups is 3. The molecule has 1 saturated heterocycles. The summed E-state index contributed by atoms with van der Waals surface area (Å²) in [5.74, 6) is -1.41. The van der Waals surface area contributed by atoms with Gasteiger partial charge in [-0.2, -0.15) is 13.2 Å². The lowest BCUT2D eigenvalue weighted by molar-refractivity contribution is -0.157. The standard InChI is InChI=1S/C23H24F3N3O3/c1-15(2)29-12-11-28(21(31)22(29)32)14-17-3-7-18(8-4-17)20(30)27-13-16-5-9-19(10-6-16)23(24,25)26/h3-10,15H,11-14H2,1-2H3,(H,27,30). The second-order valence-corrected chi connectivity index (χ2v) is 7.89. The second kappa shape index (κ2) is 9.42. The Bertz CT molecular complexity index is 986. The first-order valence-corrected chi connectivity index (χ1v) is 10.2. The first kappa shape index (κ1) is 23.3.